The largest absolute Gasteiger partial charge is 0.456 e. The molecule has 0 saturated heterocycles. The van der Waals surface area contributed by atoms with Crippen LogP contribution in [0.2, 0.25) is 0 Å². The van der Waals surface area contributed by atoms with Gasteiger partial charge in [-0.15, -0.1) is 0 Å². The van der Waals surface area contributed by atoms with Crippen LogP contribution in [0.15, 0.2) is 65.1 Å². The number of halogens is 2. The summed E-state index contributed by atoms with van der Waals surface area (Å²) in [6, 6.07) is 17.2. The van der Waals surface area contributed by atoms with E-state index in [2.05, 4.69) is 5.32 Å². The first-order valence-corrected chi connectivity index (χ1v) is 7.30. The Labute approximate surface area is 131 Å². The van der Waals surface area contributed by atoms with Gasteiger partial charge >= 0.3 is 0 Å². The molecule has 1 heterocycles. The third-order valence-corrected chi connectivity index (χ3v) is 3.87. The second-order valence-electron chi connectivity index (χ2n) is 5.40. The van der Waals surface area contributed by atoms with Crippen molar-refractivity contribution in [2.45, 2.75) is 6.54 Å². The first-order chi connectivity index (χ1) is 11.2. The van der Waals surface area contributed by atoms with E-state index in [1.807, 2.05) is 42.5 Å². The van der Waals surface area contributed by atoms with E-state index in [1.54, 1.807) is 0 Å². The quantitative estimate of drug-likeness (QED) is 0.542. The molecule has 1 N–H and O–H groups in total. The van der Waals surface area contributed by atoms with Crippen molar-refractivity contribution in [3.8, 4) is 0 Å². The smallest absolute Gasteiger partial charge is 0.135 e. The summed E-state index contributed by atoms with van der Waals surface area (Å²) in [5, 5.41) is 5.21. The molecule has 0 fully saturated rings. The number of rotatable bonds is 3. The summed E-state index contributed by atoms with van der Waals surface area (Å²) in [5.41, 5.74) is 2.92. The fraction of sp³-hybridized carbons (Fsp3) is 0.0526. The second-order valence-corrected chi connectivity index (χ2v) is 5.40. The summed E-state index contributed by atoms with van der Waals surface area (Å²) in [6.45, 7) is 0.285. The predicted octanol–water partition coefficient (Wildman–Crippen LogP) is 5.48. The van der Waals surface area contributed by atoms with E-state index in [-0.39, 0.29) is 6.54 Å². The molecule has 0 aliphatic carbocycles. The van der Waals surface area contributed by atoms with Crippen molar-refractivity contribution >= 4 is 27.6 Å². The average molecular weight is 309 g/mol. The maximum absolute atomic E-state index is 13.7. The van der Waals surface area contributed by atoms with Crippen molar-refractivity contribution in [3.05, 3.63) is 77.9 Å². The van der Waals surface area contributed by atoms with Crippen LogP contribution in [0.5, 0.6) is 0 Å². The summed E-state index contributed by atoms with van der Waals surface area (Å²) < 4.78 is 32.4. The predicted molar refractivity (Wildman–Crippen MR) is 87.4 cm³/mol. The summed E-state index contributed by atoms with van der Waals surface area (Å²) in [5.74, 6) is -1.12. The van der Waals surface area contributed by atoms with Gasteiger partial charge in [0.1, 0.15) is 22.8 Å². The molecular weight excluding hydrogens is 296 g/mol. The molecule has 0 bridgehead atoms. The number of hydrogen-bond acceptors (Lipinski definition) is 2. The Bertz CT molecular complexity index is 1010. The lowest BCUT2D eigenvalue weighted by atomic mass is 10.1. The Morgan fingerprint density at radius 3 is 2.52 bits per heavy atom. The van der Waals surface area contributed by atoms with E-state index in [9.17, 15) is 8.78 Å². The van der Waals surface area contributed by atoms with Crippen molar-refractivity contribution in [1.29, 1.82) is 0 Å². The molecule has 0 saturated carbocycles. The normalized spacial score (nSPS) is 11.2. The third-order valence-electron chi connectivity index (χ3n) is 3.87. The van der Waals surface area contributed by atoms with Crippen molar-refractivity contribution in [2.75, 3.05) is 5.32 Å². The van der Waals surface area contributed by atoms with Crippen molar-refractivity contribution < 1.29 is 13.2 Å². The Hall–Kier alpha value is -2.88. The van der Waals surface area contributed by atoms with Gasteiger partial charge in [-0.25, -0.2) is 8.78 Å². The van der Waals surface area contributed by atoms with Crippen LogP contribution in [-0.2, 0) is 6.54 Å². The van der Waals surface area contributed by atoms with Gasteiger partial charge in [0.15, 0.2) is 0 Å². The van der Waals surface area contributed by atoms with Crippen LogP contribution >= 0.6 is 0 Å². The molecule has 4 aromatic rings. The maximum Gasteiger partial charge on any atom is 0.135 e. The summed E-state index contributed by atoms with van der Waals surface area (Å²) in [4.78, 5) is 0. The summed E-state index contributed by atoms with van der Waals surface area (Å²) in [7, 11) is 0. The number of fused-ring (bicyclic) bond motifs is 3. The highest BCUT2D eigenvalue weighted by Crippen LogP contribution is 2.30. The van der Waals surface area contributed by atoms with Gasteiger partial charge in [0.05, 0.1) is 0 Å². The van der Waals surface area contributed by atoms with Crippen LogP contribution < -0.4 is 5.32 Å². The standard InChI is InChI=1S/C19H13F2NO/c20-13-6-5-12(17(21)9-13)11-22-14-7-8-19-16(10-14)15-3-1-2-4-18(15)23-19/h1-10,22H,11H2. The lowest BCUT2D eigenvalue weighted by Gasteiger charge is -2.07. The van der Waals surface area contributed by atoms with Crippen LogP contribution in [0.3, 0.4) is 0 Å². The molecule has 4 heteroatoms. The summed E-state index contributed by atoms with van der Waals surface area (Å²) in [6.07, 6.45) is 0. The monoisotopic (exact) mass is 309 g/mol. The molecule has 1 aromatic heterocycles. The Balaban J connectivity index is 1.65. The molecule has 114 valence electrons. The molecule has 0 amide bonds. The Kier molecular flexibility index (Phi) is 3.23. The molecule has 2 nitrogen and oxygen atoms in total. The maximum atomic E-state index is 13.7. The topological polar surface area (TPSA) is 25.2 Å². The van der Waals surface area contributed by atoms with Gasteiger partial charge in [-0.2, -0.15) is 0 Å². The van der Waals surface area contributed by atoms with Crippen LogP contribution in [0.25, 0.3) is 21.9 Å². The van der Waals surface area contributed by atoms with Gasteiger partial charge in [-0.1, -0.05) is 24.3 Å². The van der Waals surface area contributed by atoms with Crippen LogP contribution in [0, 0.1) is 11.6 Å². The number of nitrogens with one attached hydrogen (secondary N) is 1. The lowest BCUT2D eigenvalue weighted by Crippen LogP contribution is -2.02. The molecule has 0 radical (unpaired) electrons. The van der Waals surface area contributed by atoms with E-state index in [4.69, 9.17) is 4.42 Å². The second kappa shape index (κ2) is 5.39. The van der Waals surface area contributed by atoms with E-state index in [1.165, 1.54) is 12.1 Å². The minimum atomic E-state index is -0.572. The van der Waals surface area contributed by atoms with Gasteiger partial charge < -0.3 is 9.73 Å². The molecule has 4 rings (SSSR count). The molecule has 3 aromatic carbocycles. The minimum absolute atomic E-state index is 0.285. The van der Waals surface area contributed by atoms with E-state index in [0.29, 0.717) is 5.56 Å². The van der Waals surface area contributed by atoms with E-state index in [0.717, 1.165) is 33.7 Å². The van der Waals surface area contributed by atoms with Gasteiger partial charge in [-0.3, -0.25) is 0 Å². The first-order valence-electron chi connectivity index (χ1n) is 7.30. The van der Waals surface area contributed by atoms with Crippen molar-refractivity contribution in [1.82, 2.24) is 0 Å². The number of para-hydroxylation sites is 1. The third kappa shape index (κ3) is 2.52. The van der Waals surface area contributed by atoms with Gasteiger partial charge in [-0.05, 0) is 30.3 Å². The molecule has 0 spiro atoms. The highest BCUT2D eigenvalue weighted by molar-refractivity contribution is 6.05. The summed E-state index contributed by atoms with van der Waals surface area (Å²) >= 11 is 0. The van der Waals surface area contributed by atoms with Crippen LogP contribution in [-0.4, -0.2) is 0 Å². The highest BCUT2D eigenvalue weighted by atomic mass is 19.1. The Morgan fingerprint density at radius 2 is 1.65 bits per heavy atom. The first kappa shape index (κ1) is 13.8. The minimum Gasteiger partial charge on any atom is -0.456 e. The highest BCUT2D eigenvalue weighted by Gasteiger charge is 2.08. The van der Waals surface area contributed by atoms with Crippen LogP contribution in [0.4, 0.5) is 14.5 Å². The fourth-order valence-corrected chi connectivity index (χ4v) is 2.70. The molecule has 0 aliphatic heterocycles. The molecule has 0 aliphatic rings. The van der Waals surface area contributed by atoms with Gasteiger partial charge in [0.2, 0.25) is 0 Å². The molecule has 0 unspecified atom stereocenters. The fourth-order valence-electron chi connectivity index (χ4n) is 2.70. The van der Waals surface area contributed by atoms with Crippen molar-refractivity contribution in [2.24, 2.45) is 0 Å². The lowest BCUT2D eigenvalue weighted by molar-refractivity contribution is 0.574. The number of benzene rings is 3. The van der Waals surface area contributed by atoms with E-state index < -0.39 is 11.6 Å². The SMILES string of the molecule is Fc1ccc(CNc2ccc3oc4ccccc4c3c2)c(F)c1. The molecular formula is C19H13F2NO. The Morgan fingerprint density at radius 1 is 0.826 bits per heavy atom. The van der Waals surface area contributed by atoms with Gasteiger partial charge in [0, 0.05) is 34.6 Å². The molecule has 0 atom stereocenters. The van der Waals surface area contributed by atoms with E-state index >= 15 is 0 Å². The number of anilines is 1. The van der Waals surface area contributed by atoms with Crippen LogP contribution in [0.1, 0.15) is 5.56 Å². The number of furan rings is 1. The zero-order valence-corrected chi connectivity index (χ0v) is 12.1. The zero-order valence-electron chi connectivity index (χ0n) is 12.1. The average Bonchev–Trinajstić information content (AvgIpc) is 2.92. The van der Waals surface area contributed by atoms with Crippen molar-refractivity contribution in [3.63, 3.8) is 0 Å². The molecule has 23 heavy (non-hydrogen) atoms. The van der Waals surface area contributed by atoms with Gasteiger partial charge in [0.25, 0.3) is 0 Å². The zero-order chi connectivity index (χ0) is 15.8. The number of hydrogen-bond donors (Lipinski definition) is 1.